The average molecular weight is 285 g/mol. The Morgan fingerprint density at radius 2 is 2.30 bits per heavy atom. The van der Waals surface area contributed by atoms with E-state index in [1.807, 2.05) is 0 Å². The number of halogens is 2. The Labute approximate surface area is 111 Å². The minimum Gasteiger partial charge on any atom is -0.466 e. The van der Waals surface area contributed by atoms with Gasteiger partial charge in [-0.3, -0.25) is 14.9 Å². The third kappa shape index (κ3) is 3.23. The van der Waals surface area contributed by atoms with Crippen LogP contribution < -0.4 is 0 Å². The van der Waals surface area contributed by atoms with E-state index in [2.05, 4.69) is 9.72 Å². The highest BCUT2D eigenvalue weighted by molar-refractivity contribution is 5.75. The molecule has 0 radical (unpaired) electrons. The van der Waals surface area contributed by atoms with E-state index in [9.17, 15) is 23.7 Å². The highest BCUT2D eigenvalue weighted by atomic mass is 19.3. The van der Waals surface area contributed by atoms with E-state index in [4.69, 9.17) is 5.26 Å². The molecular formula is C11H9F2N3O4. The summed E-state index contributed by atoms with van der Waals surface area (Å²) in [5, 5.41) is 19.7. The van der Waals surface area contributed by atoms with Crippen LogP contribution >= 0.6 is 0 Å². The Morgan fingerprint density at radius 1 is 1.65 bits per heavy atom. The summed E-state index contributed by atoms with van der Waals surface area (Å²) in [5.41, 5.74) is -2.64. The molecule has 0 aromatic carbocycles. The molecule has 0 saturated carbocycles. The van der Waals surface area contributed by atoms with E-state index in [1.165, 1.54) is 13.0 Å². The number of esters is 1. The van der Waals surface area contributed by atoms with Gasteiger partial charge in [0.05, 0.1) is 18.0 Å². The number of ether oxygens (including phenoxy) is 1. The van der Waals surface area contributed by atoms with Crippen molar-refractivity contribution in [3.63, 3.8) is 0 Å². The molecule has 7 nitrogen and oxygen atoms in total. The van der Waals surface area contributed by atoms with Gasteiger partial charge in [-0.05, 0) is 6.92 Å². The number of pyridine rings is 1. The quantitative estimate of drug-likeness (QED) is 0.464. The van der Waals surface area contributed by atoms with Crippen LogP contribution in [-0.2, 0) is 16.0 Å². The van der Waals surface area contributed by atoms with E-state index in [0.29, 0.717) is 6.20 Å². The van der Waals surface area contributed by atoms with Gasteiger partial charge in [-0.15, -0.1) is 0 Å². The molecule has 20 heavy (non-hydrogen) atoms. The number of carbonyl (C=O) groups is 1. The summed E-state index contributed by atoms with van der Waals surface area (Å²) in [6.07, 6.45) is -3.16. The zero-order valence-corrected chi connectivity index (χ0v) is 10.3. The number of hydrogen-bond acceptors (Lipinski definition) is 6. The van der Waals surface area contributed by atoms with Gasteiger partial charge in [0.25, 0.3) is 6.43 Å². The van der Waals surface area contributed by atoms with E-state index in [0.717, 1.165) is 0 Å². The smallest absolute Gasteiger partial charge is 0.310 e. The second kappa shape index (κ2) is 6.51. The van der Waals surface area contributed by atoms with Crippen molar-refractivity contribution in [3.8, 4) is 6.07 Å². The lowest BCUT2D eigenvalue weighted by atomic mass is 10.0. The second-order valence-corrected chi connectivity index (χ2v) is 3.53. The molecule has 0 fully saturated rings. The summed E-state index contributed by atoms with van der Waals surface area (Å²) >= 11 is 0. The number of nitriles is 1. The fraction of sp³-hybridized carbons (Fsp3) is 0.364. The lowest BCUT2D eigenvalue weighted by Crippen LogP contribution is -2.13. The second-order valence-electron chi connectivity index (χ2n) is 3.53. The van der Waals surface area contributed by atoms with Crippen LogP contribution in [-0.4, -0.2) is 22.5 Å². The van der Waals surface area contributed by atoms with Gasteiger partial charge in [0, 0.05) is 5.56 Å². The van der Waals surface area contributed by atoms with Crippen molar-refractivity contribution in [3.05, 3.63) is 33.1 Å². The maximum absolute atomic E-state index is 12.8. The van der Waals surface area contributed by atoms with Crippen molar-refractivity contribution in [2.24, 2.45) is 0 Å². The van der Waals surface area contributed by atoms with Crippen LogP contribution in [0, 0.1) is 21.4 Å². The molecule has 0 saturated heterocycles. The molecule has 0 amide bonds. The lowest BCUT2D eigenvalue weighted by molar-refractivity contribution is -0.385. The van der Waals surface area contributed by atoms with Gasteiger partial charge in [0.2, 0.25) is 0 Å². The highest BCUT2D eigenvalue weighted by Crippen LogP contribution is 2.29. The minimum absolute atomic E-state index is 0.0209. The molecule has 1 heterocycles. The normalized spacial score (nSPS) is 10.2. The Hall–Kier alpha value is -2.63. The summed E-state index contributed by atoms with van der Waals surface area (Å²) in [6.45, 7) is 1.54. The van der Waals surface area contributed by atoms with Gasteiger partial charge in [-0.2, -0.15) is 5.26 Å². The third-order valence-corrected chi connectivity index (χ3v) is 2.33. The van der Waals surface area contributed by atoms with Crippen LogP contribution in [0.4, 0.5) is 14.5 Å². The molecule has 0 bridgehead atoms. The third-order valence-electron chi connectivity index (χ3n) is 2.33. The van der Waals surface area contributed by atoms with Crippen molar-refractivity contribution in [1.82, 2.24) is 4.98 Å². The van der Waals surface area contributed by atoms with Gasteiger partial charge in [-0.25, -0.2) is 13.8 Å². The summed E-state index contributed by atoms with van der Waals surface area (Å²) in [5.74, 6) is -0.867. The molecule has 0 N–H and O–H groups in total. The van der Waals surface area contributed by atoms with E-state index >= 15 is 0 Å². The van der Waals surface area contributed by atoms with Crippen LogP contribution in [0.15, 0.2) is 6.20 Å². The van der Waals surface area contributed by atoms with Gasteiger partial charge in [0.1, 0.15) is 23.5 Å². The fourth-order valence-electron chi connectivity index (χ4n) is 1.54. The van der Waals surface area contributed by atoms with Gasteiger partial charge < -0.3 is 4.74 Å². The number of alkyl halides is 2. The molecule has 9 heteroatoms. The molecule has 0 spiro atoms. The average Bonchev–Trinajstić information content (AvgIpc) is 2.37. The first-order valence-electron chi connectivity index (χ1n) is 5.42. The Kier molecular flexibility index (Phi) is 5.02. The first-order chi connectivity index (χ1) is 9.42. The van der Waals surface area contributed by atoms with Gasteiger partial charge >= 0.3 is 11.7 Å². The summed E-state index contributed by atoms with van der Waals surface area (Å²) in [4.78, 5) is 24.4. The fourth-order valence-corrected chi connectivity index (χ4v) is 1.54. The van der Waals surface area contributed by atoms with Crippen molar-refractivity contribution in [1.29, 1.82) is 5.26 Å². The minimum atomic E-state index is -3.06. The van der Waals surface area contributed by atoms with Gasteiger partial charge in [0.15, 0.2) is 0 Å². The zero-order chi connectivity index (χ0) is 15.3. The number of rotatable bonds is 5. The van der Waals surface area contributed by atoms with Crippen LogP contribution in [0.5, 0.6) is 0 Å². The summed E-state index contributed by atoms with van der Waals surface area (Å²) in [6, 6.07) is 1.47. The Bertz CT molecular complexity index is 584. The maximum Gasteiger partial charge on any atom is 0.310 e. The molecule has 0 atom stereocenters. The molecule has 1 aromatic rings. The van der Waals surface area contributed by atoms with Gasteiger partial charge in [-0.1, -0.05) is 0 Å². The molecule has 0 unspecified atom stereocenters. The molecule has 0 aliphatic carbocycles. The zero-order valence-electron chi connectivity index (χ0n) is 10.3. The van der Waals surface area contributed by atoms with Crippen molar-refractivity contribution in [2.45, 2.75) is 19.8 Å². The molecule has 0 aliphatic rings. The molecule has 0 aliphatic heterocycles. The Balaban J connectivity index is 3.41. The molecule has 106 valence electrons. The topological polar surface area (TPSA) is 106 Å². The number of nitrogens with zero attached hydrogens (tertiary/aromatic N) is 3. The number of hydrogen-bond donors (Lipinski definition) is 0. The number of carbonyl (C=O) groups excluding carboxylic acids is 1. The summed E-state index contributed by atoms with van der Waals surface area (Å²) in [7, 11) is 0. The predicted octanol–water partition coefficient (Wildman–Crippen LogP) is 1.90. The maximum atomic E-state index is 12.8. The number of nitro groups is 1. The van der Waals surface area contributed by atoms with E-state index in [-0.39, 0.29) is 6.61 Å². The lowest BCUT2D eigenvalue weighted by Gasteiger charge is -2.09. The van der Waals surface area contributed by atoms with Crippen molar-refractivity contribution >= 4 is 11.7 Å². The Morgan fingerprint density at radius 3 is 2.75 bits per heavy atom. The molecule has 1 rings (SSSR count). The molecular weight excluding hydrogens is 276 g/mol. The summed E-state index contributed by atoms with van der Waals surface area (Å²) < 4.78 is 30.2. The SMILES string of the molecule is CCOC(=O)Cc1c(C(F)F)ncc([N+](=O)[O-])c1C#N. The van der Waals surface area contributed by atoms with Crippen LogP contribution in [0.2, 0.25) is 0 Å². The van der Waals surface area contributed by atoms with Crippen molar-refractivity contribution < 1.29 is 23.2 Å². The van der Waals surface area contributed by atoms with Crippen LogP contribution in [0.1, 0.15) is 30.2 Å². The van der Waals surface area contributed by atoms with E-state index in [1.54, 1.807) is 0 Å². The molecule has 1 aromatic heterocycles. The predicted molar refractivity (Wildman–Crippen MR) is 60.9 cm³/mol. The first kappa shape index (κ1) is 15.4. The van der Waals surface area contributed by atoms with Crippen LogP contribution in [0.25, 0.3) is 0 Å². The monoisotopic (exact) mass is 285 g/mol. The van der Waals surface area contributed by atoms with Crippen molar-refractivity contribution in [2.75, 3.05) is 6.61 Å². The highest BCUT2D eigenvalue weighted by Gasteiger charge is 2.27. The number of aromatic nitrogens is 1. The standard InChI is InChI=1S/C11H9F2N3O4/c1-2-20-9(17)3-6-7(4-14)8(16(18)19)5-15-10(6)11(12)13/h5,11H,2-3H2,1H3. The van der Waals surface area contributed by atoms with E-state index < -0.39 is 46.2 Å². The first-order valence-corrected chi connectivity index (χ1v) is 5.42. The largest absolute Gasteiger partial charge is 0.466 e. The van der Waals surface area contributed by atoms with Crippen LogP contribution in [0.3, 0.4) is 0 Å².